The molecule has 0 aromatic heterocycles. The van der Waals surface area contributed by atoms with Gasteiger partial charge in [-0.15, -0.1) is 0 Å². The zero-order chi connectivity index (χ0) is 12.5. The number of aliphatic hydroxyl groups is 1. The quantitative estimate of drug-likeness (QED) is 0.764. The van der Waals surface area contributed by atoms with Crippen LogP contribution < -0.4 is 5.73 Å². The van der Waals surface area contributed by atoms with Gasteiger partial charge in [0, 0.05) is 12.1 Å². The first-order valence-electron chi connectivity index (χ1n) is 5.66. The van der Waals surface area contributed by atoms with Crippen LogP contribution in [0.1, 0.15) is 18.4 Å². The predicted octanol–water partition coefficient (Wildman–Crippen LogP) is 0.751. The Morgan fingerprint density at radius 1 is 1.29 bits per heavy atom. The predicted molar refractivity (Wildman–Crippen MR) is 67.4 cm³/mol. The molecule has 0 unspecified atom stereocenters. The van der Waals surface area contributed by atoms with Gasteiger partial charge < -0.3 is 10.8 Å². The SMILES string of the molecule is Nc1cccc(CC2(O)CCS(=O)(=O)CC2)c1. The summed E-state index contributed by atoms with van der Waals surface area (Å²) in [6.45, 7) is 0. The minimum absolute atomic E-state index is 0.0752. The molecule has 0 atom stereocenters. The van der Waals surface area contributed by atoms with E-state index in [1.54, 1.807) is 6.07 Å². The lowest BCUT2D eigenvalue weighted by molar-refractivity contribution is 0.0307. The molecule has 1 saturated heterocycles. The number of hydrogen-bond acceptors (Lipinski definition) is 4. The van der Waals surface area contributed by atoms with E-state index < -0.39 is 15.4 Å². The van der Waals surface area contributed by atoms with Gasteiger partial charge in [-0.2, -0.15) is 0 Å². The molecule has 94 valence electrons. The highest BCUT2D eigenvalue weighted by atomic mass is 32.2. The second kappa shape index (κ2) is 4.31. The Kier molecular flexibility index (Phi) is 3.14. The number of hydrogen-bond donors (Lipinski definition) is 2. The summed E-state index contributed by atoms with van der Waals surface area (Å²) in [5.74, 6) is 0.150. The number of sulfone groups is 1. The van der Waals surface area contributed by atoms with Crippen LogP contribution in [0.15, 0.2) is 24.3 Å². The van der Waals surface area contributed by atoms with Gasteiger partial charge in [-0.3, -0.25) is 0 Å². The van der Waals surface area contributed by atoms with E-state index in [1.807, 2.05) is 18.2 Å². The minimum Gasteiger partial charge on any atom is -0.399 e. The van der Waals surface area contributed by atoms with Crippen molar-refractivity contribution in [2.75, 3.05) is 17.2 Å². The topological polar surface area (TPSA) is 80.4 Å². The molecular formula is C12H17NO3S. The van der Waals surface area contributed by atoms with Crippen LogP contribution in [0.3, 0.4) is 0 Å². The maximum Gasteiger partial charge on any atom is 0.150 e. The summed E-state index contributed by atoms with van der Waals surface area (Å²) < 4.78 is 22.6. The highest BCUT2D eigenvalue weighted by Crippen LogP contribution is 2.27. The Labute approximate surface area is 101 Å². The normalized spacial score (nSPS) is 22.2. The van der Waals surface area contributed by atoms with E-state index in [-0.39, 0.29) is 11.5 Å². The standard InChI is InChI=1S/C12H17NO3S/c13-11-3-1-2-10(8-11)9-12(14)4-6-17(15,16)7-5-12/h1-3,8,14H,4-7,9,13H2. The number of nitrogens with two attached hydrogens (primary N) is 1. The molecule has 1 aliphatic heterocycles. The van der Waals surface area contributed by atoms with E-state index in [2.05, 4.69) is 0 Å². The van der Waals surface area contributed by atoms with Crippen LogP contribution in [0.5, 0.6) is 0 Å². The summed E-state index contributed by atoms with van der Waals surface area (Å²) in [6, 6.07) is 7.35. The number of anilines is 1. The van der Waals surface area contributed by atoms with Gasteiger partial charge in [0.15, 0.2) is 9.84 Å². The number of rotatable bonds is 2. The molecule has 5 heteroatoms. The van der Waals surface area contributed by atoms with Crippen molar-refractivity contribution < 1.29 is 13.5 Å². The molecule has 3 N–H and O–H groups in total. The summed E-state index contributed by atoms with van der Waals surface area (Å²) in [5, 5.41) is 10.3. The van der Waals surface area contributed by atoms with Gasteiger partial charge >= 0.3 is 0 Å². The Balaban J connectivity index is 2.09. The summed E-state index contributed by atoms with van der Waals surface area (Å²) in [7, 11) is -2.94. The van der Waals surface area contributed by atoms with Crippen LogP contribution in [0.2, 0.25) is 0 Å². The lowest BCUT2D eigenvalue weighted by Gasteiger charge is -2.32. The molecule has 1 heterocycles. The van der Waals surface area contributed by atoms with Crippen molar-refractivity contribution in [1.82, 2.24) is 0 Å². The summed E-state index contributed by atoms with van der Waals surface area (Å²) >= 11 is 0. The van der Waals surface area contributed by atoms with Crippen LogP contribution in [0.25, 0.3) is 0 Å². The third-order valence-corrected chi connectivity index (χ3v) is 4.89. The monoisotopic (exact) mass is 255 g/mol. The molecule has 0 radical (unpaired) electrons. The Hall–Kier alpha value is -1.07. The lowest BCUT2D eigenvalue weighted by atomic mass is 9.89. The van der Waals surface area contributed by atoms with Crippen molar-refractivity contribution in [2.24, 2.45) is 0 Å². The average Bonchev–Trinajstić information content (AvgIpc) is 2.24. The van der Waals surface area contributed by atoms with Gasteiger partial charge in [0.05, 0.1) is 17.1 Å². The first-order chi connectivity index (χ1) is 7.89. The molecule has 1 aromatic rings. The Morgan fingerprint density at radius 2 is 1.94 bits per heavy atom. The van der Waals surface area contributed by atoms with Gasteiger partial charge in [-0.1, -0.05) is 12.1 Å². The third-order valence-electron chi connectivity index (χ3n) is 3.24. The fourth-order valence-electron chi connectivity index (χ4n) is 2.18. The van der Waals surface area contributed by atoms with Gasteiger partial charge in [0.2, 0.25) is 0 Å². The van der Waals surface area contributed by atoms with E-state index in [9.17, 15) is 13.5 Å². The molecule has 1 aromatic carbocycles. The van der Waals surface area contributed by atoms with E-state index in [4.69, 9.17) is 5.73 Å². The molecule has 1 aliphatic rings. The summed E-state index contributed by atoms with van der Waals surface area (Å²) in [4.78, 5) is 0. The van der Waals surface area contributed by atoms with Crippen LogP contribution in [-0.2, 0) is 16.3 Å². The van der Waals surface area contributed by atoms with Crippen molar-refractivity contribution in [1.29, 1.82) is 0 Å². The largest absolute Gasteiger partial charge is 0.399 e. The first-order valence-corrected chi connectivity index (χ1v) is 7.48. The maximum atomic E-state index is 11.3. The molecule has 1 fully saturated rings. The van der Waals surface area contributed by atoms with Crippen LogP contribution in [0, 0.1) is 0 Å². The third kappa shape index (κ3) is 3.20. The molecular weight excluding hydrogens is 238 g/mol. The van der Waals surface area contributed by atoms with Crippen molar-refractivity contribution in [2.45, 2.75) is 24.9 Å². The first kappa shape index (κ1) is 12.4. The zero-order valence-electron chi connectivity index (χ0n) is 9.59. The van der Waals surface area contributed by atoms with Crippen molar-refractivity contribution in [3.63, 3.8) is 0 Å². The fraction of sp³-hybridized carbons (Fsp3) is 0.500. The lowest BCUT2D eigenvalue weighted by Crippen LogP contribution is -2.40. The summed E-state index contributed by atoms with van der Waals surface area (Å²) in [5.41, 5.74) is 6.38. The van der Waals surface area contributed by atoms with Crippen LogP contribution in [-0.4, -0.2) is 30.6 Å². The fourth-order valence-corrected chi connectivity index (χ4v) is 3.76. The highest BCUT2D eigenvalue weighted by molar-refractivity contribution is 7.91. The van der Waals surface area contributed by atoms with E-state index >= 15 is 0 Å². The molecule has 0 saturated carbocycles. The van der Waals surface area contributed by atoms with Crippen LogP contribution >= 0.6 is 0 Å². The molecule has 4 nitrogen and oxygen atoms in total. The van der Waals surface area contributed by atoms with Gasteiger partial charge in [0.25, 0.3) is 0 Å². The maximum absolute atomic E-state index is 11.3. The van der Waals surface area contributed by atoms with Gasteiger partial charge in [-0.25, -0.2) is 8.42 Å². The smallest absolute Gasteiger partial charge is 0.150 e. The molecule has 2 rings (SSSR count). The van der Waals surface area contributed by atoms with Crippen molar-refractivity contribution >= 4 is 15.5 Å². The van der Waals surface area contributed by atoms with Crippen LogP contribution in [0.4, 0.5) is 5.69 Å². The van der Waals surface area contributed by atoms with Gasteiger partial charge in [0.1, 0.15) is 0 Å². The van der Waals surface area contributed by atoms with Crippen molar-refractivity contribution in [3.05, 3.63) is 29.8 Å². The second-order valence-electron chi connectivity index (χ2n) is 4.80. The van der Waals surface area contributed by atoms with E-state index in [0.29, 0.717) is 24.9 Å². The second-order valence-corrected chi connectivity index (χ2v) is 7.10. The number of nitrogen functional groups attached to an aromatic ring is 1. The Bertz CT molecular complexity index is 496. The average molecular weight is 255 g/mol. The molecule has 0 amide bonds. The van der Waals surface area contributed by atoms with E-state index in [1.165, 1.54) is 0 Å². The molecule has 0 spiro atoms. The molecule has 0 bridgehead atoms. The Morgan fingerprint density at radius 3 is 2.53 bits per heavy atom. The van der Waals surface area contributed by atoms with Crippen molar-refractivity contribution in [3.8, 4) is 0 Å². The van der Waals surface area contributed by atoms with Gasteiger partial charge in [-0.05, 0) is 30.5 Å². The molecule has 0 aliphatic carbocycles. The molecule has 17 heavy (non-hydrogen) atoms. The highest BCUT2D eigenvalue weighted by Gasteiger charge is 2.35. The number of benzene rings is 1. The zero-order valence-corrected chi connectivity index (χ0v) is 10.4. The van der Waals surface area contributed by atoms with E-state index in [0.717, 1.165) is 5.56 Å². The minimum atomic E-state index is -2.94. The summed E-state index contributed by atoms with van der Waals surface area (Å²) in [6.07, 6.45) is 1.09.